The van der Waals surface area contributed by atoms with Crippen molar-refractivity contribution in [1.82, 2.24) is 4.90 Å². The second-order valence-corrected chi connectivity index (χ2v) is 5.06. The van der Waals surface area contributed by atoms with Crippen LogP contribution in [0.3, 0.4) is 0 Å². The molecule has 1 aliphatic carbocycles. The maximum Gasteiger partial charge on any atom is 0.120 e. The van der Waals surface area contributed by atoms with E-state index in [1.807, 2.05) is 6.07 Å². The highest BCUT2D eigenvalue weighted by molar-refractivity contribution is 5.47. The molecule has 16 heavy (non-hydrogen) atoms. The number of phenols is 1. The molecular formula is C13H20N2O. The van der Waals surface area contributed by atoms with Crippen molar-refractivity contribution in [1.29, 1.82) is 0 Å². The van der Waals surface area contributed by atoms with Crippen LogP contribution in [0.1, 0.15) is 18.9 Å². The number of nitrogens with zero attached hydrogens (tertiary/aromatic N) is 1. The molecule has 2 rings (SSSR count). The van der Waals surface area contributed by atoms with Crippen molar-refractivity contribution < 1.29 is 5.11 Å². The molecule has 1 saturated carbocycles. The summed E-state index contributed by atoms with van der Waals surface area (Å²) in [4.78, 5) is 2.25. The zero-order valence-electron chi connectivity index (χ0n) is 9.98. The zero-order valence-corrected chi connectivity index (χ0v) is 9.98. The highest BCUT2D eigenvalue weighted by Crippen LogP contribution is 2.38. The number of nitrogens with two attached hydrogens (primary N) is 1. The molecule has 1 aromatic rings. The summed E-state index contributed by atoms with van der Waals surface area (Å²) in [6.45, 7) is 4.16. The minimum atomic E-state index is 0.338. The largest absolute Gasteiger partial charge is 0.508 e. The number of hydrogen-bond acceptors (Lipinski definition) is 3. The van der Waals surface area contributed by atoms with Crippen LogP contribution in [0.25, 0.3) is 0 Å². The Morgan fingerprint density at radius 2 is 2.19 bits per heavy atom. The van der Waals surface area contributed by atoms with E-state index in [9.17, 15) is 5.11 Å². The summed E-state index contributed by atoms with van der Waals surface area (Å²) < 4.78 is 0. The molecule has 88 valence electrons. The molecule has 1 fully saturated rings. The van der Waals surface area contributed by atoms with Crippen LogP contribution in [-0.2, 0) is 6.54 Å². The molecule has 3 N–H and O–H groups in total. The summed E-state index contributed by atoms with van der Waals surface area (Å²) in [7, 11) is 2.09. The average molecular weight is 220 g/mol. The van der Waals surface area contributed by atoms with Gasteiger partial charge in [-0.05, 0) is 43.5 Å². The second-order valence-electron chi connectivity index (χ2n) is 5.06. The van der Waals surface area contributed by atoms with Crippen LogP contribution in [0.4, 0.5) is 5.69 Å². The maximum atomic E-state index is 9.70. The summed E-state index contributed by atoms with van der Waals surface area (Å²) in [5, 5.41) is 9.70. The topological polar surface area (TPSA) is 49.5 Å². The van der Waals surface area contributed by atoms with Gasteiger partial charge in [-0.3, -0.25) is 0 Å². The lowest BCUT2D eigenvalue weighted by atomic mass is 10.1. The molecule has 0 bridgehead atoms. The van der Waals surface area contributed by atoms with Crippen LogP contribution < -0.4 is 5.73 Å². The van der Waals surface area contributed by atoms with Crippen molar-refractivity contribution in [2.45, 2.75) is 19.9 Å². The van der Waals surface area contributed by atoms with Crippen LogP contribution in [0.2, 0.25) is 0 Å². The minimum Gasteiger partial charge on any atom is -0.508 e. The fraction of sp³-hybridized carbons (Fsp3) is 0.538. The van der Waals surface area contributed by atoms with Crippen molar-refractivity contribution in [2.75, 3.05) is 19.3 Å². The summed E-state index contributed by atoms with van der Waals surface area (Å²) >= 11 is 0. The van der Waals surface area contributed by atoms with Crippen LogP contribution in [0, 0.1) is 11.8 Å². The Morgan fingerprint density at radius 3 is 2.81 bits per heavy atom. The Kier molecular flexibility index (Phi) is 3.06. The van der Waals surface area contributed by atoms with E-state index in [0.29, 0.717) is 11.4 Å². The number of anilines is 1. The molecule has 0 heterocycles. The molecule has 0 aromatic heterocycles. The normalized spacial score (nSPS) is 23.7. The third-order valence-corrected chi connectivity index (χ3v) is 3.37. The molecule has 0 saturated heterocycles. The van der Waals surface area contributed by atoms with Gasteiger partial charge in [0.15, 0.2) is 0 Å². The van der Waals surface area contributed by atoms with Crippen LogP contribution in [0.5, 0.6) is 5.75 Å². The number of nitrogen functional groups attached to an aromatic ring is 1. The zero-order chi connectivity index (χ0) is 11.7. The molecule has 1 aromatic carbocycles. The quantitative estimate of drug-likeness (QED) is 0.603. The van der Waals surface area contributed by atoms with E-state index in [2.05, 4.69) is 18.9 Å². The summed E-state index contributed by atoms with van der Waals surface area (Å²) in [6.07, 6.45) is 1.34. The third kappa shape index (κ3) is 2.67. The first kappa shape index (κ1) is 11.3. The molecule has 1 aliphatic rings. The number of phenolic OH excluding ortho intramolecular Hbond substituents is 1. The van der Waals surface area contributed by atoms with Gasteiger partial charge in [-0.1, -0.05) is 6.92 Å². The molecule has 2 atom stereocenters. The van der Waals surface area contributed by atoms with Gasteiger partial charge in [0, 0.05) is 24.3 Å². The van der Waals surface area contributed by atoms with Crippen molar-refractivity contribution in [3.05, 3.63) is 23.8 Å². The first-order chi connectivity index (χ1) is 7.56. The molecular weight excluding hydrogens is 200 g/mol. The first-order valence-corrected chi connectivity index (χ1v) is 5.82. The number of hydrogen-bond donors (Lipinski definition) is 2. The Morgan fingerprint density at radius 1 is 1.50 bits per heavy atom. The van der Waals surface area contributed by atoms with Gasteiger partial charge in [-0.25, -0.2) is 0 Å². The number of benzene rings is 1. The highest BCUT2D eigenvalue weighted by atomic mass is 16.3. The fourth-order valence-electron chi connectivity index (χ4n) is 2.14. The Balaban J connectivity index is 1.94. The second kappa shape index (κ2) is 4.34. The third-order valence-electron chi connectivity index (χ3n) is 3.37. The Bertz CT molecular complexity index is 378. The van der Waals surface area contributed by atoms with Gasteiger partial charge >= 0.3 is 0 Å². The van der Waals surface area contributed by atoms with Gasteiger partial charge < -0.3 is 15.7 Å². The van der Waals surface area contributed by atoms with Crippen LogP contribution in [-0.4, -0.2) is 23.6 Å². The van der Waals surface area contributed by atoms with E-state index in [0.717, 1.165) is 30.5 Å². The van der Waals surface area contributed by atoms with E-state index >= 15 is 0 Å². The van der Waals surface area contributed by atoms with E-state index in [4.69, 9.17) is 5.73 Å². The van der Waals surface area contributed by atoms with E-state index in [-0.39, 0.29) is 0 Å². The maximum absolute atomic E-state index is 9.70. The summed E-state index contributed by atoms with van der Waals surface area (Å²) in [5.74, 6) is 2.05. The predicted molar refractivity (Wildman–Crippen MR) is 66.1 cm³/mol. The molecule has 3 heteroatoms. The predicted octanol–water partition coefficient (Wildman–Crippen LogP) is 2.06. The van der Waals surface area contributed by atoms with Crippen LogP contribution >= 0.6 is 0 Å². The standard InChI is InChI=1S/C13H20N2O/c1-9-5-10(9)7-15(2)8-11-6-12(14)3-4-13(11)16/h3-4,6,9-10,16H,5,7-8,14H2,1-2H3. The lowest BCUT2D eigenvalue weighted by molar-refractivity contribution is 0.302. The molecule has 0 aliphatic heterocycles. The Hall–Kier alpha value is -1.22. The molecule has 0 amide bonds. The minimum absolute atomic E-state index is 0.338. The van der Waals surface area contributed by atoms with Gasteiger partial charge in [0.25, 0.3) is 0 Å². The lowest BCUT2D eigenvalue weighted by Crippen LogP contribution is -2.21. The molecule has 0 spiro atoms. The van der Waals surface area contributed by atoms with Gasteiger partial charge in [0.2, 0.25) is 0 Å². The van der Waals surface area contributed by atoms with Crippen molar-refractivity contribution in [2.24, 2.45) is 11.8 Å². The summed E-state index contributed by atoms with van der Waals surface area (Å²) in [5.41, 5.74) is 7.33. The fourth-order valence-corrected chi connectivity index (χ4v) is 2.14. The first-order valence-electron chi connectivity index (χ1n) is 5.82. The number of aromatic hydroxyl groups is 1. The number of rotatable bonds is 4. The van der Waals surface area contributed by atoms with Gasteiger partial charge in [-0.2, -0.15) is 0 Å². The van der Waals surface area contributed by atoms with Gasteiger partial charge in [0.05, 0.1) is 0 Å². The van der Waals surface area contributed by atoms with Gasteiger partial charge in [-0.15, -0.1) is 0 Å². The van der Waals surface area contributed by atoms with Crippen molar-refractivity contribution in [3.8, 4) is 5.75 Å². The van der Waals surface area contributed by atoms with E-state index < -0.39 is 0 Å². The van der Waals surface area contributed by atoms with E-state index in [1.165, 1.54) is 6.42 Å². The smallest absolute Gasteiger partial charge is 0.120 e. The van der Waals surface area contributed by atoms with Crippen LogP contribution in [0.15, 0.2) is 18.2 Å². The monoisotopic (exact) mass is 220 g/mol. The summed E-state index contributed by atoms with van der Waals surface area (Å²) in [6, 6.07) is 5.24. The Labute approximate surface area is 96.9 Å². The van der Waals surface area contributed by atoms with E-state index in [1.54, 1.807) is 12.1 Å². The van der Waals surface area contributed by atoms with Gasteiger partial charge in [0.1, 0.15) is 5.75 Å². The SMILES string of the molecule is CC1CC1CN(C)Cc1cc(N)ccc1O. The van der Waals surface area contributed by atoms with Crippen molar-refractivity contribution in [3.63, 3.8) is 0 Å². The highest BCUT2D eigenvalue weighted by Gasteiger charge is 2.33. The molecule has 0 radical (unpaired) electrons. The average Bonchev–Trinajstić information content (AvgIpc) is 2.88. The lowest BCUT2D eigenvalue weighted by Gasteiger charge is -2.17. The molecule has 2 unspecified atom stereocenters. The van der Waals surface area contributed by atoms with Crippen molar-refractivity contribution >= 4 is 5.69 Å². The molecule has 3 nitrogen and oxygen atoms in total.